The average Bonchev–Trinajstić information content (AvgIpc) is 2.30. The van der Waals surface area contributed by atoms with Crippen LogP contribution in [0.2, 0.25) is 0 Å². The highest BCUT2D eigenvalue weighted by molar-refractivity contribution is 5.77. The van der Waals surface area contributed by atoms with Crippen molar-refractivity contribution in [2.75, 3.05) is 26.8 Å². The van der Waals surface area contributed by atoms with Crippen LogP contribution >= 0.6 is 0 Å². The van der Waals surface area contributed by atoms with Gasteiger partial charge in [0.25, 0.3) is 0 Å². The molecule has 1 N–H and O–H groups in total. The third kappa shape index (κ3) is 3.96. The van der Waals surface area contributed by atoms with Crippen molar-refractivity contribution in [2.45, 2.75) is 45.6 Å². The van der Waals surface area contributed by atoms with Gasteiger partial charge in [0.15, 0.2) is 0 Å². The van der Waals surface area contributed by atoms with E-state index in [-0.39, 0.29) is 17.5 Å². The van der Waals surface area contributed by atoms with Gasteiger partial charge in [0, 0.05) is 7.11 Å². The lowest BCUT2D eigenvalue weighted by Gasteiger charge is -2.36. The fourth-order valence-electron chi connectivity index (χ4n) is 2.52. The molecule has 0 aromatic heterocycles. The molecule has 4 nitrogen and oxygen atoms in total. The Bertz CT molecular complexity index is 231. The van der Waals surface area contributed by atoms with E-state index in [0.29, 0.717) is 6.61 Å². The Labute approximate surface area is 104 Å². The predicted octanol–water partition coefficient (Wildman–Crippen LogP) is 1.73. The second-order valence-corrected chi connectivity index (χ2v) is 4.95. The lowest BCUT2D eigenvalue weighted by atomic mass is 9.75. The Morgan fingerprint density at radius 1 is 1.41 bits per heavy atom. The van der Waals surface area contributed by atoms with E-state index in [0.717, 1.165) is 38.8 Å². The molecule has 0 saturated carbocycles. The minimum atomic E-state index is -0.262. The number of hydrogen-bond donors (Lipinski definition) is 1. The van der Waals surface area contributed by atoms with Crippen LogP contribution in [0.5, 0.6) is 0 Å². The fourth-order valence-corrected chi connectivity index (χ4v) is 2.52. The van der Waals surface area contributed by atoms with Crippen LogP contribution in [-0.4, -0.2) is 38.9 Å². The molecule has 1 heterocycles. The topological polar surface area (TPSA) is 47.6 Å². The molecule has 1 fully saturated rings. The van der Waals surface area contributed by atoms with Gasteiger partial charge >= 0.3 is 5.97 Å². The normalized spacial score (nSPS) is 20.9. The number of nitrogens with one attached hydrogen (secondary N) is 1. The Hall–Kier alpha value is -0.610. The van der Waals surface area contributed by atoms with Gasteiger partial charge in [-0.3, -0.25) is 4.79 Å². The van der Waals surface area contributed by atoms with Gasteiger partial charge in [-0.15, -0.1) is 0 Å². The van der Waals surface area contributed by atoms with Crippen molar-refractivity contribution >= 4 is 5.97 Å². The summed E-state index contributed by atoms with van der Waals surface area (Å²) >= 11 is 0. The summed E-state index contributed by atoms with van der Waals surface area (Å²) in [7, 11) is 1.62. The Balaban J connectivity index is 2.59. The van der Waals surface area contributed by atoms with E-state index in [1.165, 1.54) is 0 Å². The number of methoxy groups -OCH3 is 1. The zero-order valence-corrected chi connectivity index (χ0v) is 11.3. The van der Waals surface area contributed by atoms with Crippen molar-refractivity contribution in [3.05, 3.63) is 0 Å². The maximum atomic E-state index is 12.3. The number of hydrogen-bond acceptors (Lipinski definition) is 4. The lowest BCUT2D eigenvalue weighted by molar-refractivity contribution is -0.165. The van der Waals surface area contributed by atoms with E-state index in [9.17, 15) is 4.79 Å². The molecular weight excluding hydrogens is 218 g/mol. The molecule has 4 heteroatoms. The van der Waals surface area contributed by atoms with Crippen molar-refractivity contribution in [3.8, 4) is 0 Å². The second kappa shape index (κ2) is 6.97. The molecule has 1 unspecified atom stereocenters. The highest BCUT2D eigenvalue weighted by Gasteiger charge is 2.40. The van der Waals surface area contributed by atoms with Crippen LogP contribution in [0.15, 0.2) is 0 Å². The highest BCUT2D eigenvalue weighted by atomic mass is 16.6. The lowest BCUT2D eigenvalue weighted by Crippen LogP contribution is -2.44. The summed E-state index contributed by atoms with van der Waals surface area (Å²) in [6.45, 7) is 6.28. The number of rotatable bonds is 6. The average molecular weight is 243 g/mol. The van der Waals surface area contributed by atoms with Gasteiger partial charge < -0.3 is 14.8 Å². The molecule has 0 aliphatic carbocycles. The minimum Gasteiger partial charge on any atom is -0.460 e. The van der Waals surface area contributed by atoms with E-state index in [1.807, 2.05) is 6.92 Å². The summed E-state index contributed by atoms with van der Waals surface area (Å²) in [4.78, 5) is 12.3. The van der Waals surface area contributed by atoms with E-state index in [4.69, 9.17) is 9.47 Å². The number of carbonyl (C=O) groups is 1. The number of piperidine rings is 1. The molecule has 17 heavy (non-hydrogen) atoms. The minimum absolute atomic E-state index is 0.0367. The molecule has 0 amide bonds. The van der Waals surface area contributed by atoms with E-state index in [2.05, 4.69) is 12.2 Å². The van der Waals surface area contributed by atoms with Crippen molar-refractivity contribution < 1.29 is 14.3 Å². The molecule has 0 aromatic carbocycles. The SMILES string of the molecule is CCCC1(C(=O)OC(C)COC)CCNCC1. The summed E-state index contributed by atoms with van der Waals surface area (Å²) in [5.74, 6) is -0.0367. The quantitative estimate of drug-likeness (QED) is 0.722. The van der Waals surface area contributed by atoms with Crippen LogP contribution in [0, 0.1) is 5.41 Å². The third-order valence-corrected chi connectivity index (χ3v) is 3.43. The molecule has 0 radical (unpaired) electrons. The van der Waals surface area contributed by atoms with Gasteiger partial charge in [0.1, 0.15) is 6.10 Å². The summed E-state index contributed by atoms with van der Waals surface area (Å²) in [6, 6.07) is 0. The zero-order chi connectivity index (χ0) is 12.7. The van der Waals surface area contributed by atoms with E-state index in [1.54, 1.807) is 7.11 Å². The number of esters is 1. The van der Waals surface area contributed by atoms with Crippen LogP contribution in [0.1, 0.15) is 39.5 Å². The van der Waals surface area contributed by atoms with Crippen LogP contribution < -0.4 is 5.32 Å². The zero-order valence-electron chi connectivity index (χ0n) is 11.3. The number of ether oxygens (including phenoxy) is 2. The van der Waals surface area contributed by atoms with Crippen LogP contribution in [0.25, 0.3) is 0 Å². The molecule has 1 saturated heterocycles. The van der Waals surface area contributed by atoms with Gasteiger partial charge in [-0.05, 0) is 39.3 Å². The molecule has 1 atom stereocenters. The van der Waals surface area contributed by atoms with Crippen molar-refractivity contribution in [2.24, 2.45) is 5.41 Å². The molecule has 1 rings (SSSR count). The largest absolute Gasteiger partial charge is 0.460 e. The van der Waals surface area contributed by atoms with Crippen LogP contribution in [0.3, 0.4) is 0 Å². The van der Waals surface area contributed by atoms with Crippen molar-refractivity contribution in [1.29, 1.82) is 0 Å². The number of carbonyl (C=O) groups excluding carboxylic acids is 1. The van der Waals surface area contributed by atoms with Crippen LogP contribution in [0.4, 0.5) is 0 Å². The first-order chi connectivity index (χ1) is 8.14. The Kier molecular flexibility index (Phi) is 5.92. The standard InChI is InChI=1S/C13H25NO3/c1-4-5-13(6-8-14-9-7-13)12(15)17-11(2)10-16-3/h11,14H,4-10H2,1-3H3. The van der Waals surface area contributed by atoms with Crippen LogP contribution in [-0.2, 0) is 14.3 Å². The van der Waals surface area contributed by atoms with E-state index >= 15 is 0 Å². The van der Waals surface area contributed by atoms with Crippen molar-refractivity contribution in [1.82, 2.24) is 5.32 Å². The highest BCUT2D eigenvalue weighted by Crippen LogP contribution is 2.35. The molecule has 0 bridgehead atoms. The molecule has 0 spiro atoms. The van der Waals surface area contributed by atoms with Gasteiger partial charge in [-0.2, -0.15) is 0 Å². The monoisotopic (exact) mass is 243 g/mol. The molecule has 1 aliphatic rings. The molecular formula is C13H25NO3. The summed E-state index contributed by atoms with van der Waals surface area (Å²) in [5, 5.41) is 3.30. The summed E-state index contributed by atoms with van der Waals surface area (Å²) < 4.78 is 10.5. The smallest absolute Gasteiger partial charge is 0.312 e. The van der Waals surface area contributed by atoms with Crippen molar-refractivity contribution in [3.63, 3.8) is 0 Å². The third-order valence-electron chi connectivity index (χ3n) is 3.43. The first kappa shape index (κ1) is 14.5. The Morgan fingerprint density at radius 2 is 2.06 bits per heavy atom. The first-order valence-electron chi connectivity index (χ1n) is 6.55. The first-order valence-corrected chi connectivity index (χ1v) is 6.55. The molecule has 100 valence electrons. The van der Waals surface area contributed by atoms with Gasteiger partial charge in [0.2, 0.25) is 0 Å². The summed E-state index contributed by atoms with van der Waals surface area (Å²) in [6.07, 6.45) is 3.57. The maximum Gasteiger partial charge on any atom is 0.312 e. The summed E-state index contributed by atoms with van der Waals surface area (Å²) in [5.41, 5.74) is -0.262. The second-order valence-electron chi connectivity index (χ2n) is 4.95. The maximum absolute atomic E-state index is 12.3. The fraction of sp³-hybridized carbons (Fsp3) is 0.923. The molecule has 0 aromatic rings. The van der Waals surface area contributed by atoms with E-state index < -0.39 is 0 Å². The van der Waals surface area contributed by atoms with Gasteiger partial charge in [-0.1, -0.05) is 13.3 Å². The molecule has 1 aliphatic heterocycles. The van der Waals surface area contributed by atoms with Gasteiger partial charge in [-0.25, -0.2) is 0 Å². The van der Waals surface area contributed by atoms with Gasteiger partial charge in [0.05, 0.1) is 12.0 Å². The predicted molar refractivity (Wildman–Crippen MR) is 66.9 cm³/mol. The Morgan fingerprint density at radius 3 is 2.59 bits per heavy atom.